The summed E-state index contributed by atoms with van der Waals surface area (Å²) in [4.78, 5) is 20.7. The molecule has 2 heterocycles. The molecule has 1 aliphatic rings. The van der Waals surface area contributed by atoms with Gasteiger partial charge in [-0.1, -0.05) is 42.5 Å². The highest BCUT2D eigenvalue weighted by Gasteiger charge is 2.25. The van der Waals surface area contributed by atoms with Crippen molar-refractivity contribution in [3.8, 4) is 0 Å². The number of hydrogen-bond acceptors (Lipinski definition) is 3. The number of likely N-dealkylation sites (N-methyl/N-ethyl adjacent to an activating group) is 1. The summed E-state index contributed by atoms with van der Waals surface area (Å²) in [5.41, 5.74) is 3.71. The van der Waals surface area contributed by atoms with Crippen molar-refractivity contribution in [2.24, 2.45) is 0 Å². The predicted octanol–water partition coefficient (Wildman–Crippen LogP) is 3.19. The van der Waals surface area contributed by atoms with Crippen molar-refractivity contribution in [1.29, 1.82) is 0 Å². The van der Waals surface area contributed by atoms with Crippen LogP contribution in [0.2, 0.25) is 0 Å². The molecule has 0 bridgehead atoms. The van der Waals surface area contributed by atoms with Crippen molar-refractivity contribution in [1.82, 2.24) is 9.88 Å². The summed E-state index contributed by atoms with van der Waals surface area (Å²) < 4.78 is 1.17. The van der Waals surface area contributed by atoms with Crippen LogP contribution in [0.5, 0.6) is 0 Å². The van der Waals surface area contributed by atoms with E-state index in [4.69, 9.17) is 4.98 Å². The quantitative estimate of drug-likeness (QED) is 0.724. The summed E-state index contributed by atoms with van der Waals surface area (Å²) in [7, 11) is 1.90. The van der Waals surface area contributed by atoms with Gasteiger partial charge >= 0.3 is 0 Å². The minimum absolute atomic E-state index is 0.00971. The largest absolute Gasteiger partial charge is 0.332 e. The number of nitrogens with zero attached hydrogens (tertiary/aromatic N) is 2. The molecule has 0 radical (unpaired) electrons. The third-order valence-corrected chi connectivity index (χ3v) is 6.78. The van der Waals surface area contributed by atoms with Crippen molar-refractivity contribution < 1.29 is 9.69 Å². The number of carbonyl (C=O) groups excluding carboxylic acids is 1. The highest BCUT2D eigenvalue weighted by Crippen LogP contribution is 2.28. The lowest BCUT2D eigenvalue weighted by Crippen LogP contribution is -3.13. The van der Waals surface area contributed by atoms with Gasteiger partial charge in [-0.05, 0) is 36.3 Å². The SMILES string of the molecule is C[C@H](c1nc2ccccc2s1)N(C)C(=O)C[NH+]1CC=C(c2ccccc2)CC1. The average Bonchev–Trinajstić information content (AvgIpc) is 3.18. The van der Waals surface area contributed by atoms with E-state index >= 15 is 0 Å². The van der Waals surface area contributed by atoms with Crippen LogP contribution in [0.4, 0.5) is 0 Å². The first kappa shape index (κ1) is 18.8. The molecule has 28 heavy (non-hydrogen) atoms. The zero-order valence-corrected chi connectivity index (χ0v) is 17.2. The Morgan fingerprint density at radius 2 is 1.93 bits per heavy atom. The highest BCUT2D eigenvalue weighted by atomic mass is 32.1. The summed E-state index contributed by atoms with van der Waals surface area (Å²) in [6, 6.07) is 18.7. The number of nitrogens with one attached hydrogen (secondary N) is 1. The first-order valence-corrected chi connectivity index (χ1v) is 10.6. The van der Waals surface area contributed by atoms with Gasteiger partial charge in [0.25, 0.3) is 5.91 Å². The number of hydrogen-bond donors (Lipinski definition) is 1. The van der Waals surface area contributed by atoms with Gasteiger partial charge in [0.2, 0.25) is 0 Å². The molecule has 1 amide bonds. The molecule has 1 aromatic heterocycles. The maximum absolute atomic E-state index is 12.9. The molecule has 1 aliphatic heterocycles. The summed E-state index contributed by atoms with van der Waals surface area (Å²) in [5.74, 6) is 0.179. The molecule has 144 valence electrons. The molecule has 4 rings (SSSR count). The lowest BCUT2D eigenvalue weighted by molar-refractivity contribution is -0.887. The van der Waals surface area contributed by atoms with E-state index in [1.165, 1.54) is 20.7 Å². The van der Waals surface area contributed by atoms with Crippen LogP contribution in [0.15, 0.2) is 60.7 Å². The number of amides is 1. The number of carbonyl (C=O) groups is 1. The standard InChI is InChI=1S/C23H25N3OS/c1-17(23-24-20-10-6-7-11-21(20)28-23)25(2)22(27)16-26-14-12-19(13-15-26)18-8-4-3-5-9-18/h3-12,17H,13-16H2,1-2H3/p+1/t17-/m1/s1. The van der Waals surface area contributed by atoms with E-state index in [1.807, 2.05) is 36.2 Å². The summed E-state index contributed by atoms with van der Waals surface area (Å²) >= 11 is 1.67. The second-order valence-electron chi connectivity index (χ2n) is 7.43. The van der Waals surface area contributed by atoms with Gasteiger partial charge in [0.05, 0.1) is 29.3 Å². The topological polar surface area (TPSA) is 37.6 Å². The molecular weight excluding hydrogens is 366 g/mol. The minimum Gasteiger partial charge on any atom is -0.332 e. The van der Waals surface area contributed by atoms with E-state index in [2.05, 4.69) is 43.3 Å². The molecule has 0 saturated carbocycles. The second-order valence-corrected chi connectivity index (χ2v) is 8.49. The van der Waals surface area contributed by atoms with Crippen molar-refractivity contribution in [2.75, 3.05) is 26.7 Å². The van der Waals surface area contributed by atoms with Crippen molar-refractivity contribution in [2.45, 2.75) is 19.4 Å². The minimum atomic E-state index is -0.00971. The number of quaternary nitrogens is 1. The Bertz CT molecular complexity index is 962. The number of rotatable bonds is 5. The first-order valence-electron chi connectivity index (χ1n) is 9.81. The number of para-hydroxylation sites is 1. The van der Waals surface area contributed by atoms with E-state index < -0.39 is 0 Å². The van der Waals surface area contributed by atoms with Gasteiger partial charge in [-0.2, -0.15) is 0 Å². The zero-order valence-electron chi connectivity index (χ0n) is 16.4. The second kappa shape index (κ2) is 8.25. The Morgan fingerprint density at radius 3 is 2.64 bits per heavy atom. The number of benzene rings is 2. The fourth-order valence-electron chi connectivity index (χ4n) is 3.65. The van der Waals surface area contributed by atoms with Crippen molar-refractivity contribution >= 4 is 33.0 Å². The van der Waals surface area contributed by atoms with E-state index in [0.29, 0.717) is 6.54 Å². The Kier molecular flexibility index (Phi) is 5.55. The lowest BCUT2D eigenvalue weighted by Gasteiger charge is -2.27. The normalized spacial score (nSPS) is 17.9. The molecule has 1 unspecified atom stereocenters. The van der Waals surface area contributed by atoms with Crippen LogP contribution in [0.1, 0.15) is 30.0 Å². The fraction of sp³-hybridized carbons (Fsp3) is 0.304. The van der Waals surface area contributed by atoms with Crippen LogP contribution in [0.3, 0.4) is 0 Å². The number of aromatic nitrogens is 1. The number of thiazole rings is 1. The van der Waals surface area contributed by atoms with Crippen LogP contribution in [-0.2, 0) is 4.79 Å². The van der Waals surface area contributed by atoms with Crippen LogP contribution in [0, 0.1) is 0 Å². The van der Waals surface area contributed by atoms with Gasteiger partial charge in [0, 0.05) is 13.5 Å². The van der Waals surface area contributed by atoms with Gasteiger partial charge in [-0.3, -0.25) is 4.79 Å². The highest BCUT2D eigenvalue weighted by molar-refractivity contribution is 7.18. The molecule has 2 aromatic carbocycles. The summed E-state index contributed by atoms with van der Waals surface area (Å²) in [6.07, 6.45) is 3.31. The molecule has 5 heteroatoms. The third kappa shape index (κ3) is 4.01. The van der Waals surface area contributed by atoms with Gasteiger partial charge in [-0.25, -0.2) is 4.98 Å². The molecule has 0 saturated heterocycles. The zero-order chi connectivity index (χ0) is 19.5. The van der Waals surface area contributed by atoms with Crippen LogP contribution in [-0.4, -0.2) is 42.5 Å². The average molecular weight is 393 g/mol. The molecule has 2 atom stereocenters. The maximum Gasteiger partial charge on any atom is 0.278 e. The Balaban J connectivity index is 1.37. The third-order valence-electron chi connectivity index (χ3n) is 5.57. The Hall–Kier alpha value is -2.50. The van der Waals surface area contributed by atoms with E-state index in [9.17, 15) is 4.79 Å². The molecule has 0 spiro atoms. The molecule has 1 N–H and O–H groups in total. The predicted molar refractivity (Wildman–Crippen MR) is 115 cm³/mol. The van der Waals surface area contributed by atoms with Crippen LogP contribution >= 0.6 is 11.3 Å². The Labute approximate surface area is 170 Å². The fourth-order valence-corrected chi connectivity index (χ4v) is 4.71. The monoisotopic (exact) mass is 392 g/mol. The molecule has 3 aromatic rings. The van der Waals surface area contributed by atoms with Crippen molar-refractivity contribution in [3.05, 3.63) is 71.2 Å². The van der Waals surface area contributed by atoms with Gasteiger partial charge in [-0.15, -0.1) is 11.3 Å². The van der Waals surface area contributed by atoms with Crippen molar-refractivity contribution in [3.63, 3.8) is 0 Å². The van der Waals surface area contributed by atoms with Gasteiger partial charge in [0.1, 0.15) is 5.01 Å². The molecular formula is C23H26N3OS+. The molecule has 4 nitrogen and oxygen atoms in total. The molecule has 0 fully saturated rings. The first-order chi connectivity index (χ1) is 13.6. The maximum atomic E-state index is 12.9. The lowest BCUT2D eigenvalue weighted by atomic mass is 9.99. The van der Waals surface area contributed by atoms with Gasteiger partial charge < -0.3 is 9.80 Å². The molecule has 0 aliphatic carbocycles. The van der Waals surface area contributed by atoms with E-state index in [-0.39, 0.29) is 11.9 Å². The van der Waals surface area contributed by atoms with Crippen LogP contribution < -0.4 is 4.90 Å². The summed E-state index contributed by atoms with van der Waals surface area (Å²) in [6.45, 7) is 4.49. The van der Waals surface area contributed by atoms with Gasteiger partial charge in [0.15, 0.2) is 6.54 Å². The smallest absolute Gasteiger partial charge is 0.278 e. The summed E-state index contributed by atoms with van der Waals surface area (Å²) in [5, 5.41) is 0.997. The Morgan fingerprint density at radius 1 is 1.18 bits per heavy atom. The van der Waals surface area contributed by atoms with Crippen LogP contribution in [0.25, 0.3) is 15.8 Å². The number of fused-ring (bicyclic) bond motifs is 1. The van der Waals surface area contributed by atoms with E-state index in [1.54, 1.807) is 11.3 Å². The van der Waals surface area contributed by atoms with E-state index in [0.717, 1.165) is 30.0 Å².